The molecule has 2 aromatic carbocycles. The molecule has 5 heterocycles. The van der Waals surface area contributed by atoms with Crippen LogP contribution in [-0.4, -0.2) is 86.3 Å². The van der Waals surface area contributed by atoms with E-state index in [0.29, 0.717) is 29.2 Å². The van der Waals surface area contributed by atoms with Gasteiger partial charge in [-0.1, -0.05) is 30.3 Å². The number of hydrogen-bond donors (Lipinski definition) is 2. The standard InChI is InChI=1S/C40H46N8O5/c1-23(41-39(50)45(2)3)29-15-13-26-18-33(47(36(26)42-29)21-24-11-12-24)37-43-31-17-27(19-34(52-5)35(31)46(37)4)38(49)48-28-14-16-32(48)30(20-28)44-40(51)53-22-25-9-7-6-8-10-25/h6-10,13,15,17-19,23-24,28,30,32H,11-12,14,16,20-22H2,1-5H3,(H,41,50)(H,44,51)/t23-,28+,30-,32-/m1/s1. The van der Waals surface area contributed by atoms with Crippen molar-refractivity contribution in [3.8, 4) is 17.3 Å². The van der Waals surface area contributed by atoms with E-state index in [1.807, 2.05) is 65.9 Å². The van der Waals surface area contributed by atoms with Crippen LogP contribution in [0.5, 0.6) is 5.75 Å². The van der Waals surface area contributed by atoms with Crippen molar-refractivity contribution >= 4 is 40.1 Å². The molecule has 53 heavy (non-hydrogen) atoms. The first-order valence-electron chi connectivity index (χ1n) is 18.4. The van der Waals surface area contributed by atoms with E-state index in [1.54, 1.807) is 27.3 Å². The zero-order valence-corrected chi connectivity index (χ0v) is 30.8. The fourth-order valence-electron chi connectivity index (χ4n) is 8.04. The van der Waals surface area contributed by atoms with Gasteiger partial charge in [0.15, 0.2) is 5.82 Å². The summed E-state index contributed by atoms with van der Waals surface area (Å²) in [5.41, 5.74) is 5.43. The Morgan fingerprint density at radius 2 is 1.79 bits per heavy atom. The lowest BCUT2D eigenvalue weighted by Crippen LogP contribution is -2.45. The minimum atomic E-state index is -0.473. The number of fused-ring (bicyclic) bond motifs is 4. The third kappa shape index (κ3) is 6.53. The fourth-order valence-corrected chi connectivity index (χ4v) is 8.04. The zero-order valence-electron chi connectivity index (χ0n) is 30.8. The zero-order chi connectivity index (χ0) is 37.0. The molecule has 2 N–H and O–H groups in total. The summed E-state index contributed by atoms with van der Waals surface area (Å²) in [6.45, 7) is 2.94. The van der Waals surface area contributed by atoms with Gasteiger partial charge in [-0.25, -0.2) is 19.6 Å². The predicted octanol–water partition coefficient (Wildman–Crippen LogP) is 6.01. The summed E-state index contributed by atoms with van der Waals surface area (Å²) in [6, 6.07) is 18.7. The second-order valence-electron chi connectivity index (χ2n) is 14.9. The molecule has 2 aliphatic heterocycles. The molecule has 2 bridgehead atoms. The quantitative estimate of drug-likeness (QED) is 0.181. The molecule has 13 nitrogen and oxygen atoms in total. The number of aromatic nitrogens is 4. The number of nitrogens with one attached hydrogen (secondary N) is 2. The lowest BCUT2D eigenvalue weighted by atomic mass is 9.96. The number of ether oxygens (including phenoxy) is 2. The first-order valence-corrected chi connectivity index (χ1v) is 18.4. The van der Waals surface area contributed by atoms with Gasteiger partial charge in [-0.3, -0.25) is 4.79 Å². The van der Waals surface area contributed by atoms with Gasteiger partial charge in [0, 0.05) is 44.7 Å². The summed E-state index contributed by atoms with van der Waals surface area (Å²) in [6.07, 6.45) is 4.25. The van der Waals surface area contributed by atoms with Crippen molar-refractivity contribution in [2.45, 2.75) is 76.3 Å². The highest BCUT2D eigenvalue weighted by atomic mass is 16.5. The van der Waals surface area contributed by atoms with Crippen molar-refractivity contribution < 1.29 is 23.9 Å². The highest BCUT2D eigenvalue weighted by Crippen LogP contribution is 2.41. The largest absolute Gasteiger partial charge is 0.494 e. The number of amides is 4. The second kappa shape index (κ2) is 13.8. The monoisotopic (exact) mass is 718 g/mol. The van der Waals surface area contributed by atoms with Gasteiger partial charge in [-0.15, -0.1) is 0 Å². The maximum absolute atomic E-state index is 14.3. The van der Waals surface area contributed by atoms with Crippen LogP contribution in [0.2, 0.25) is 0 Å². The van der Waals surface area contributed by atoms with E-state index in [-0.39, 0.29) is 42.7 Å². The summed E-state index contributed by atoms with van der Waals surface area (Å²) in [5.74, 6) is 1.78. The molecular weight excluding hydrogens is 672 g/mol. The normalized spacial score (nSPS) is 19.8. The summed E-state index contributed by atoms with van der Waals surface area (Å²) in [7, 11) is 7.02. The van der Waals surface area contributed by atoms with E-state index < -0.39 is 6.09 Å². The van der Waals surface area contributed by atoms with Crippen molar-refractivity contribution in [2.24, 2.45) is 13.0 Å². The molecule has 1 aliphatic carbocycles. The van der Waals surface area contributed by atoms with Crippen LogP contribution < -0.4 is 15.4 Å². The Balaban J connectivity index is 1.07. The molecule has 3 aromatic heterocycles. The molecule has 8 rings (SSSR count). The van der Waals surface area contributed by atoms with Crippen molar-refractivity contribution in [3.05, 3.63) is 77.5 Å². The molecule has 5 aromatic rings. The van der Waals surface area contributed by atoms with Crippen LogP contribution in [0.15, 0.2) is 60.7 Å². The van der Waals surface area contributed by atoms with E-state index in [9.17, 15) is 14.4 Å². The fraction of sp³-hybridized carbons (Fsp3) is 0.425. The Kier molecular flexibility index (Phi) is 8.95. The van der Waals surface area contributed by atoms with Crippen LogP contribution >= 0.6 is 0 Å². The summed E-state index contributed by atoms with van der Waals surface area (Å²) >= 11 is 0. The number of aryl methyl sites for hydroxylation is 1. The average Bonchev–Trinajstić information content (AvgIpc) is 3.46. The van der Waals surface area contributed by atoms with Crippen molar-refractivity contribution in [1.29, 1.82) is 0 Å². The molecule has 3 aliphatic rings. The number of alkyl carbamates (subject to hydrolysis) is 1. The molecule has 276 valence electrons. The Hall–Kier alpha value is -5.59. The third-order valence-corrected chi connectivity index (χ3v) is 11.0. The van der Waals surface area contributed by atoms with Gasteiger partial charge < -0.3 is 39.0 Å². The van der Waals surface area contributed by atoms with Gasteiger partial charge in [0.25, 0.3) is 5.91 Å². The lowest BCUT2D eigenvalue weighted by Gasteiger charge is -2.25. The minimum Gasteiger partial charge on any atom is -0.494 e. The SMILES string of the molecule is COc1cc(C(=O)N2[C@H]3CC[C@@H]2[C@H](NC(=O)OCc2ccccc2)C3)cc2nc(-c3cc4ccc([C@@H](C)NC(=O)N(C)C)nc4n3CC3CC3)n(C)c12. The van der Waals surface area contributed by atoms with Crippen LogP contribution in [0, 0.1) is 5.92 Å². The van der Waals surface area contributed by atoms with Crippen LogP contribution in [0.1, 0.15) is 66.7 Å². The second-order valence-corrected chi connectivity index (χ2v) is 14.9. The number of imidazole rings is 1. The van der Waals surface area contributed by atoms with E-state index >= 15 is 0 Å². The number of urea groups is 1. The molecule has 0 radical (unpaired) electrons. The Morgan fingerprint density at radius 1 is 1.00 bits per heavy atom. The van der Waals surface area contributed by atoms with Crippen LogP contribution in [-0.2, 0) is 24.9 Å². The highest BCUT2D eigenvalue weighted by molar-refractivity contribution is 6.01. The maximum atomic E-state index is 14.3. The predicted molar refractivity (Wildman–Crippen MR) is 200 cm³/mol. The number of pyridine rings is 1. The van der Waals surface area contributed by atoms with E-state index in [1.165, 1.54) is 17.7 Å². The number of benzene rings is 2. The summed E-state index contributed by atoms with van der Waals surface area (Å²) in [4.78, 5) is 53.0. The minimum absolute atomic E-state index is 0.0300. The number of nitrogens with zero attached hydrogens (tertiary/aromatic N) is 6. The van der Waals surface area contributed by atoms with Crippen molar-refractivity contribution in [1.82, 2.24) is 39.5 Å². The summed E-state index contributed by atoms with van der Waals surface area (Å²) in [5, 5.41) is 7.02. The van der Waals surface area contributed by atoms with Crippen LogP contribution in [0.25, 0.3) is 33.6 Å². The van der Waals surface area contributed by atoms with E-state index in [2.05, 4.69) is 27.3 Å². The number of rotatable bonds is 10. The van der Waals surface area contributed by atoms with Gasteiger partial charge in [-0.2, -0.15) is 0 Å². The average molecular weight is 719 g/mol. The number of carbonyl (C=O) groups excluding carboxylic acids is 3. The molecule has 0 spiro atoms. The van der Waals surface area contributed by atoms with Crippen LogP contribution in [0.4, 0.5) is 9.59 Å². The highest BCUT2D eigenvalue weighted by Gasteiger charge is 2.49. The smallest absolute Gasteiger partial charge is 0.407 e. The topological polar surface area (TPSA) is 136 Å². The van der Waals surface area contributed by atoms with Crippen molar-refractivity contribution in [3.63, 3.8) is 0 Å². The Bertz CT molecular complexity index is 2210. The third-order valence-electron chi connectivity index (χ3n) is 11.0. The Labute approximate surface area is 308 Å². The molecule has 3 fully saturated rings. The molecule has 1 saturated carbocycles. The van der Waals surface area contributed by atoms with Crippen molar-refractivity contribution in [2.75, 3.05) is 21.2 Å². The van der Waals surface area contributed by atoms with Gasteiger partial charge in [0.2, 0.25) is 0 Å². The number of hydrogen-bond acceptors (Lipinski definition) is 7. The molecule has 13 heteroatoms. The summed E-state index contributed by atoms with van der Waals surface area (Å²) < 4.78 is 15.7. The molecule has 4 atom stereocenters. The number of methoxy groups -OCH3 is 1. The first-order chi connectivity index (χ1) is 25.6. The molecule has 0 unspecified atom stereocenters. The molecule has 4 amide bonds. The van der Waals surface area contributed by atoms with Gasteiger partial charge in [-0.05, 0) is 80.8 Å². The van der Waals surface area contributed by atoms with E-state index in [4.69, 9.17) is 19.4 Å². The number of carbonyl (C=O) groups is 3. The van der Waals surface area contributed by atoms with Crippen LogP contribution in [0.3, 0.4) is 0 Å². The first kappa shape index (κ1) is 34.5. The lowest BCUT2D eigenvalue weighted by molar-refractivity contribution is 0.0719. The van der Waals surface area contributed by atoms with Gasteiger partial charge in [0.05, 0.1) is 42.1 Å². The van der Waals surface area contributed by atoms with Gasteiger partial charge >= 0.3 is 12.1 Å². The molecule has 2 saturated heterocycles. The van der Waals surface area contributed by atoms with Gasteiger partial charge in [0.1, 0.15) is 23.5 Å². The van der Waals surface area contributed by atoms with E-state index in [0.717, 1.165) is 58.7 Å². The Morgan fingerprint density at radius 3 is 2.53 bits per heavy atom. The molecular formula is C40H46N8O5. The maximum Gasteiger partial charge on any atom is 0.407 e.